The number of benzene rings is 1. The minimum atomic E-state index is -0.220. The number of piperidine rings is 1. The number of nitrogens with zero attached hydrogens (tertiary/aromatic N) is 7. The van der Waals surface area contributed by atoms with Gasteiger partial charge in [0.05, 0.1) is 29.0 Å². The van der Waals surface area contributed by atoms with Crippen molar-refractivity contribution in [1.29, 1.82) is 0 Å². The van der Waals surface area contributed by atoms with E-state index in [1.807, 2.05) is 31.1 Å². The van der Waals surface area contributed by atoms with Crippen LogP contribution in [-0.2, 0) is 6.61 Å². The van der Waals surface area contributed by atoms with Gasteiger partial charge in [-0.2, -0.15) is 5.10 Å². The molecule has 2 fully saturated rings. The summed E-state index contributed by atoms with van der Waals surface area (Å²) in [7, 11) is 3.81. The first-order valence-electron chi connectivity index (χ1n) is 11.8. The number of fused-ring (bicyclic) bond motifs is 4. The zero-order valence-electron chi connectivity index (χ0n) is 20.0. The Balaban J connectivity index is 1.46. The van der Waals surface area contributed by atoms with Gasteiger partial charge in [0.25, 0.3) is 0 Å². The van der Waals surface area contributed by atoms with Gasteiger partial charge in [-0.05, 0) is 44.7 Å². The number of anilines is 2. The lowest BCUT2D eigenvalue weighted by molar-refractivity contribution is 0.273. The number of aliphatic hydroxyl groups excluding tert-OH is 1. The highest BCUT2D eigenvalue weighted by Crippen LogP contribution is 2.43. The summed E-state index contributed by atoms with van der Waals surface area (Å²) in [4.78, 5) is 23.0. The van der Waals surface area contributed by atoms with Gasteiger partial charge in [-0.15, -0.1) is 0 Å². The van der Waals surface area contributed by atoms with Crippen LogP contribution in [0, 0.1) is 0 Å². The lowest BCUT2D eigenvalue weighted by atomic mass is 9.85. The molecule has 3 aromatic heterocycles. The van der Waals surface area contributed by atoms with Crippen molar-refractivity contribution in [2.45, 2.75) is 56.8 Å². The molecule has 182 valence electrons. The third-order valence-electron chi connectivity index (χ3n) is 7.22. The minimum absolute atomic E-state index is 0.180. The second-order valence-electron chi connectivity index (χ2n) is 10.2. The molecule has 11 heteroatoms. The van der Waals surface area contributed by atoms with E-state index in [-0.39, 0.29) is 12.1 Å². The molecule has 10 nitrogen and oxygen atoms in total. The third kappa shape index (κ3) is 3.59. The maximum Gasteiger partial charge on any atom is 0.202 e. The van der Waals surface area contributed by atoms with Gasteiger partial charge in [-0.3, -0.25) is 10.1 Å². The summed E-state index contributed by atoms with van der Waals surface area (Å²) < 4.78 is 0. The number of nitrogens with one attached hydrogen (secondary N) is 1. The van der Waals surface area contributed by atoms with Crippen LogP contribution in [0.25, 0.3) is 33.5 Å². The Morgan fingerprint density at radius 2 is 1.91 bits per heavy atom. The minimum Gasteiger partial charge on any atom is -0.390 e. The Bertz CT molecular complexity index is 1430. The monoisotopic (exact) mass is 493 g/mol. The highest BCUT2D eigenvalue weighted by Gasteiger charge is 2.45. The number of aromatic amines is 1. The lowest BCUT2D eigenvalue weighted by Gasteiger charge is -2.44. The number of aliphatic hydroxyl groups is 1. The predicted molar refractivity (Wildman–Crippen MR) is 137 cm³/mol. The van der Waals surface area contributed by atoms with E-state index >= 15 is 0 Å². The molecule has 2 saturated heterocycles. The Morgan fingerprint density at radius 1 is 1.17 bits per heavy atom. The highest BCUT2D eigenvalue weighted by atomic mass is 35.5. The third-order valence-corrected chi connectivity index (χ3v) is 7.61. The van der Waals surface area contributed by atoms with Crippen molar-refractivity contribution in [3.05, 3.63) is 29.0 Å². The second-order valence-corrected chi connectivity index (χ2v) is 10.6. The Kier molecular flexibility index (Phi) is 5.10. The summed E-state index contributed by atoms with van der Waals surface area (Å²) in [5.74, 6) is 1.41. The molecule has 0 spiro atoms. The van der Waals surface area contributed by atoms with E-state index in [0.717, 1.165) is 25.7 Å². The molecule has 4 N–H and O–H groups in total. The lowest BCUT2D eigenvalue weighted by Crippen LogP contribution is -2.54. The molecule has 3 atom stereocenters. The molecule has 5 heterocycles. The summed E-state index contributed by atoms with van der Waals surface area (Å²) in [6, 6.07) is 4.33. The van der Waals surface area contributed by atoms with E-state index in [4.69, 9.17) is 27.3 Å². The Hall–Kier alpha value is -3.08. The van der Waals surface area contributed by atoms with Crippen molar-refractivity contribution < 1.29 is 5.11 Å². The van der Waals surface area contributed by atoms with Crippen LogP contribution in [-0.4, -0.2) is 67.0 Å². The molecule has 0 saturated carbocycles. The SMILES string of the molecule is CN(C)c1cnc2ccc(-c3[nH]nc4nc(N5[C@@H]6CC[C@H]5CC(C)(N)C6)c(CO)nc34)c(Cl)c2n1. The Morgan fingerprint density at radius 3 is 2.60 bits per heavy atom. The van der Waals surface area contributed by atoms with E-state index in [1.54, 1.807) is 6.20 Å². The number of hydrogen-bond acceptors (Lipinski definition) is 9. The zero-order chi connectivity index (χ0) is 24.5. The summed E-state index contributed by atoms with van der Waals surface area (Å²) >= 11 is 6.82. The molecule has 35 heavy (non-hydrogen) atoms. The van der Waals surface area contributed by atoms with Crippen LogP contribution in [0.1, 0.15) is 38.3 Å². The van der Waals surface area contributed by atoms with Gasteiger partial charge in [0.15, 0.2) is 5.82 Å². The van der Waals surface area contributed by atoms with E-state index in [2.05, 4.69) is 32.0 Å². The fourth-order valence-electron chi connectivity index (χ4n) is 5.67. The van der Waals surface area contributed by atoms with Gasteiger partial charge in [-0.1, -0.05) is 11.6 Å². The maximum absolute atomic E-state index is 10.2. The molecule has 2 bridgehead atoms. The van der Waals surface area contributed by atoms with Crippen LogP contribution in [0.2, 0.25) is 5.02 Å². The molecular weight excluding hydrogens is 466 g/mol. The van der Waals surface area contributed by atoms with Crippen molar-refractivity contribution in [3.8, 4) is 11.3 Å². The van der Waals surface area contributed by atoms with Gasteiger partial charge < -0.3 is 20.6 Å². The predicted octanol–water partition coefficient (Wildman–Crippen LogP) is 3.02. The van der Waals surface area contributed by atoms with Crippen LogP contribution in [0.15, 0.2) is 18.3 Å². The van der Waals surface area contributed by atoms with Gasteiger partial charge in [0, 0.05) is 37.3 Å². The first-order chi connectivity index (χ1) is 16.8. The molecular formula is C24H28ClN9O. The number of hydrogen-bond donors (Lipinski definition) is 3. The van der Waals surface area contributed by atoms with Gasteiger partial charge >= 0.3 is 0 Å². The van der Waals surface area contributed by atoms with Gasteiger partial charge in [0.1, 0.15) is 22.5 Å². The van der Waals surface area contributed by atoms with Crippen molar-refractivity contribution in [2.24, 2.45) is 5.73 Å². The first kappa shape index (κ1) is 22.4. The normalized spacial score (nSPS) is 24.0. The second kappa shape index (κ2) is 7.97. The van der Waals surface area contributed by atoms with E-state index < -0.39 is 0 Å². The number of nitrogens with two attached hydrogens (primary N) is 1. The highest BCUT2D eigenvalue weighted by molar-refractivity contribution is 6.38. The van der Waals surface area contributed by atoms with Crippen molar-refractivity contribution in [3.63, 3.8) is 0 Å². The largest absolute Gasteiger partial charge is 0.390 e. The number of rotatable bonds is 4. The number of halogens is 1. The van der Waals surface area contributed by atoms with Gasteiger partial charge in [-0.25, -0.2) is 15.0 Å². The summed E-state index contributed by atoms with van der Waals surface area (Å²) in [5, 5.41) is 18.2. The average Bonchev–Trinajstić information content (AvgIpc) is 3.36. The standard InChI is InChI=1S/C24H28ClN9O/c1-24(26)8-12-4-5-13(9-24)34(12)23-16(11-35)28-21-19(31-32-22(21)30-23)14-6-7-15-20(18(14)25)29-17(10-27-15)33(2)3/h6-7,10,12-13,35H,4-5,8-9,11,26H2,1-3H3,(H,30,31,32)/t12-,13+,24?. The molecule has 2 aliphatic heterocycles. The van der Waals surface area contributed by atoms with E-state index in [0.29, 0.717) is 67.9 Å². The van der Waals surface area contributed by atoms with Crippen LogP contribution in [0.4, 0.5) is 11.6 Å². The molecule has 6 rings (SSSR count). The van der Waals surface area contributed by atoms with Crippen molar-refractivity contribution >= 4 is 45.4 Å². The fourth-order valence-corrected chi connectivity index (χ4v) is 5.97. The smallest absolute Gasteiger partial charge is 0.202 e. The number of H-pyrrole nitrogens is 1. The van der Waals surface area contributed by atoms with E-state index in [1.165, 1.54) is 0 Å². The van der Waals surface area contributed by atoms with Crippen molar-refractivity contribution in [1.82, 2.24) is 30.1 Å². The Labute approximate surface area is 207 Å². The number of aromatic nitrogens is 6. The summed E-state index contributed by atoms with van der Waals surface area (Å²) in [6.07, 6.45) is 5.63. The van der Waals surface area contributed by atoms with Crippen LogP contribution in [0.5, 0.6) is 0 Å². The molecule has 1 unspecified atom stereocenters. The molecule has 0 aliphatic carbocycles. The van der Waals surface area contributed by atoms with Crippen LogP contribution in [0.3, 0.4) is 0 Å². The quantitative estimate of drug-likeness (QED) is 0.392. The summed E-state index contributed by atoms with van der Waals surface area (Å²) in [5.41, 5.74) is 10.5. The fraction of sp³-hybridized carbons (Fsp3) is 0.458. The molecule has 1 aromatic carbocycles. The topological polar surface area (TPSA) is 133 Å². The average molecular weight is 494 g/mol. The first-order valence-corrected chi connectivity index (χ1v) is 12.2. The summed E-state index contributed by atoms with van der Waals surface area (Å²) in [6.45, 7) is 1.90. The van der Waals surface area contributed by atoms with Crippen molar-refractivity contribution in [2.75, 3.05) is 23.9 Å². The van der Waals surface area contributed by atoms with Gasteiger partial charge in [0.2, 0.25) is 5.65 Å². The molecule has 0 amide bonds. The molecule has 2 aliphatic rings. The molecule has 4 aromatic rings. The van der Waals surface area contributed by atoms with Crippen LogP contribution < -0.4 is 15.5 Å². The molecule has 0 radical (unpaired) electrons. The maximum atomic E-state index is 10.2. The zero-order valence-corrected chi connectivity index (χ0v) is 20.7. The van der Waals surface area contributed by atoms with Crippen LogP contribution >= 0.6 is 11.6 Å². The van der Waals surface area contributed by atoms with E-state index in [9.17, 15) is 5.11 Å².